The third-order valence-corrected chi connectivity index (χ3v) is 5.30. The largest absolute Gasteiger partial charge is 0.467 e. The number of esters is 1. The van der Waals surface area contributed by atoms with Crippen LogP contribution in [0.25, 0.3) is 10.9 Å². The SMILES string of the molecule is COC(=O)C(CCCNC(=N)N)NC(=O)C(Cc1c[nH]c2ccccc12)NC(=O)CONC(=O)OC(C)(C)C. The van der Waals surface area contributed by atoms with E-state index in [0.29, 0.717) is 13.0 Å². The molecule has 39 heavy (non-hydrogen) atoms. The lowest BCUT2D eigenvalue weighted by molar-refractivity contribution is -0.145. The molecule has 14 nitrogen and oxygen atoms in total. The van der Waals surface area contributed by atoms with Gasteiger partial charge in [0.15, 0.2) is 12.6 Å². The maximum Gasteiger partial charge on any atom is 0.431 e. The first-order valence-corrected chi connectivity index (χ1v) is 12.3. The fourth-order valence-electron chi connectivity index (χ4n) is 3.62. The fourth-order valence-corrected chi connectivity index (χ4v) is 3.62. The van der Waals surface area contributed by atoms with Gasteiger partial charge in [-0.25, -0.2) is 9.59 Å². The van der Waals surface area contributed by atoms with Gasteiger partial charge in [-0.05, 0) is 45.2 Å². The first-order valence-electron chi connectivity index (χ1n) is 12.3. The lowest BCUT2D eigenvalue weighted by atomic mass is 10.0. The van der Waals surface area contributed by atoms with E-state index >= 15 is 0 Å². The average molecular weight is 548 g/mol. The van der Waals surface area contributed by atoms with Gasteiger partial charge in [-0.3, -0.25) is 19.8 Å². The number of guanidine groups is 1. The number of H-pyrrole nitrogens is 1. The Morgan fingerprint density at radius 3 is 2.49 bits per heavy atom. The smallest absolute Gasteiger partial charge is 0.431 e. The van der Waals surface area contributed by atoms with Crippen LogP contribution in [0.5, 0.6) is 0 Å². The molecule has 0 saturated carbocycles. The summed E-state index contributed by atoms with van der Waals surface area (Å²) in [7, 11) is 1.20. The molecule has 0 spiro atoms. The molecular formula is C25H37N7O7. The Morgan fingerprint density at radius 1 is 1.10 bits per heavy atom. The third-order valence-electron chi connectivity index (χ3n) is 5.30. The Labute approximate surface area is 226 Å². The predicted octanol–water partition coefficient (Wildman–Crippen LogP) is 0.573. The summed E-state index contributed by atoms with van der Waals surface area (Å²) in [6, 6.07) is 5.39. The van der Waals surface area contributed by atoms with Crippen molar-refractivity contribution in [3.63, 3.8) is 0 Å². The second kappa shape index (κ2) is 14.6. The minimum Gasteiger partial charge on any atom is -0.467 e. The molecule has 2 unspecified atom stereocenters. The second-order valence-electron chi connectivity index (χ2n) is 9.64. The average Bonchev–Trinajstić information content (AvgIpc) is 3.26. The minimum atomic E-state index is -1.09. The highest BCUT2D eigenvalue weighted by Gasteiger charge is 2.28. The molecule has 0 aliphatic carbocycles. The highest BCUT2D eigenvalue weighted by Crippen LogP contribution is 2.19. The molecule has 8 N–H and O–H groups in total. The summed E-state index contributed by atoms with van der Waals surface area (Å²) in [5.74, 6) is -2.18. The number of benzene rings is 1. The zero-order chi connectivity index (χ0) is 29.0. The molecule has 0 bridgehead atoms. The van der Waals surface area contributed by atoms with Crippen molar-refractivity contribution in [1.82, 2.24) is 26.4 Å². The molecule has 1 aromatic carbocycles. The monoisotopic (exact) mass is 547 g/mol. The van der Waals surface area contributed by atoms with Crippen molar-refractivity contribution in [2.75, 3.05) is 20.3 Å². The number of hydroxylamine groups is 1. The van der Waals surface area contributed by atoms with Gasteiger partial charge in [-0.15, -0.1) is 0 Å². The third kappa shape index (κ3) is 10.9. The number of ether oxygens (including phenoxy) is 2. The molecule has 214 valence electrons. The number of carbonyl (C=O) groups is 4. The Morgan fingerprint density at radius 2 is 1.82 bits per heavy atom. The van der Waals surface area contributed by atoms with Crippen molar-refractivity contribution in [1.29, 1.82) is 5.41 Å². The predicted molar refractivity (Wildman–Crippen MR) is 142 cm³/mol. The maximum atomic E-state index is 13.3. The van der Waals surface area contributed by atoms with Crippen molar-refractivity contribution in [3.05, 3.63) is 36.0 Å². The van der Waals surface area contributed by atoms with Crippen LogP contribution in [0, 0.1) is 5.41 Å². The normalized spacial score (nSPS) is 12.6. The standard InChI is InChI=1S/C25H37N7O7/c1-25(2,3)39-24(36)32-38-14-20(33)30-19(12-15-13-29-17-9-6-5-8-16(15)17)21(34)31-18(22(35)37-4)10-7-11-28-23(26)27/h5-6,8-9,13,18-19,29H,7,10-12,14H2,1-4H3,(H,30,33)(H,31,34)(H,32,36)(H4,26,27,28). The van der Waals surface area contributed by atoms with Gasteiger partial charge in [0.1, 0.15) is 17.7 Å². The summed E-state index contributed by atoms with van der Waals surface area (Å²) in [5.41, 5.74) is 8.15. The van der Waals surface area contributed by atoms with Crippen LogP contribution in [0.1, 0.15) is 39.2 Å². The zero-order valence-corrected chi connectivity index (χ0v) is 22.5. The van der Waals surface area contributed by atoms with E-state index < -0.39 is 48.2 Å². The number of hydrogen-bond donors (Lipinski definition) is 7. The molecule has 2 atom stereocenters. The molecular weight excluding hydrogens is 510 g/mol. The summed E-state index contributed by atoms with van der Waals surface area (Å²) >= 11 is 0. The van der Waals surface area contributed by atoms with Crippen LogP contribution in [-0.2, 0) is 35.1 Å². The number of para-hydroxylation sites is 1. The first-order chi connectivity index (χ1) is 18.4. The molecule has 14 heteroatoms. The van der Waals surface area contributed by atoms with Crippen molar-refractivity contribution in [2.45, 2.75) is 57.7 Å². The summed E-state index contributed by atoms with van der Waals surface area (Å²) < 4.78 is 9.86. The van der Waals surface area contributed by atoms with Crippen LogP contribution in [-0.4, -0.2) is 72.8 Å². The quantitative estimate of drug-likeness (QED) is 0.0613. The Balaban J connectivity index is 2.11. The molecule has 3 amide bonds. The van der Waals surface area contributed by atoms with Crippen LogP contribution in [0.4, 0.5) is 4.79 Å². The van der Waals surface area contributed by atoms with E-state index in [1.54, 1.807) is 27.0 Å². The van der Waals surface area contributed by atoms with Gasteiger partial charge < -0.3 is 36.1 Å². The highest BCUT2D eigenvalue weighted by molar-refractivity contribution is 5.92. The van der Waals surface area contributed by atoms with Gasteiger partial charge in [0.05, 0.1) is 7.11 Å². The maximum absolute atomic E-state index is 13.3. The minimum absolute atomic E-state index is 0.0981. The Kier molecular flexibility index (Phi) is 11.5. The van der Waals surface area contributed by atoms with E-state index in [4.69, 9.17) is 25.5 Å². The topological polar surface area (TPSA) is 210 Å². The van der Waals surface area contributed by atoms with Gasteiger partial charge in [0.25, 0.3) is 0 Å². The van der Waals surface area contributed by atoms with Crippen molar-refractivity contribution in [2.24, 2.45) is 5.73 Å². The van der Waals surface area contributed by atoms with Crippen LogP contribution < -0.4 is 27.2 Å². The number of methoxy groups -OCH3 is 1. The highest BCUT2D eigenvalue weighted by atomic mass is 16.7. The van der Waals surface area contributed by atoms with E-state index in [-0.39, 0.29) is 18.8 Å². The van der Waals surface area contributed by atoms with Crippen LogP contribution in [0.15, 0.2) is 30.5 Å². The lowest BCUT2D eigenvalue weighted by Crippen LogP contribution is -2.53. The number of rotatable bonds is 13. The van der Waals surface area contributed by atoms with E-state index in [0.717, 1.165) is 16.5 Å². The van der Waals surface area contributed by atoms with Gasteiger partial charge in [-0.2, -0.15) is 5.48 Å². The summed E-state index contributed by atoms with van der Waals surface area (Å²) in [5, 5.41) is 16.0. The number of nitrogens with two attached hydrogens (primary N) is 1. The molecule has 2 rings (SSSR count). The van der Waals surface area contributed by atoms with Gasteiger partial charge in [0, 0.05) is 30.1 Å². The van der Waals surface area contributed by atoms with E-state index in [1.807, 2.05) is 29.7 Å². The first kappa shape index (κ1) is 30.9. The summed E-state index contributed by atoms with van der Waals surface area (Å²) in [6.45, 7) is 4.75. The summed E-state index contributed by atoms with van der Waals surface area (Å²) in [4.78, 5) is 58.0. The van der Waals surface area contributed by atoms with Crippen LogP contribution in [0.2, 0.25) is 0 Å². The van der Waals surface area contributed by atoms with E-state index in [1.165, 1.54) is 7.11 Å². The molecule has 2 aromatic rings. The van der Waals surface area contributed by atoms with Crippen molar-refractivity contribution in [3.8, 4) is 0 Å². The number of nitrogens with one attached hydrogen (secondary N) is 6. The van der Waals surface area contributed by atoms with Crippen molar-refractivity contribution >= 4 is 40.7 Å². The van der Waals surface area contributed by atoms with Crippen molar-refractivity contribution < 1.29 is 33.5 Å². The molecule has 0 aliphatic rings. The Bertz CT molecular complexity index is 1160. The summed E-state index contributed by atoms with van der Waals surface area (Å²) in [6.07, 6.45) is 1.58. The van der Waals surface area contributed by atoms with Crippen LogP contribution >= 0.6 is 0 Å². The number of aromatic amines is 1. The van der Waals surface area contributed by atoms with Crippen LogP contribution in [0.3, 0.4) is 0 Å². The lowest BCUT2D eigenvalue weighted by Gasteiger charge is -2.22. The fraction of sp³-hybridized carbons (Fsp3) is 0.480. The Hall–Kier alpha value is -4.33. The molecule has 1 heterocycles. The number of amides is 3. The number of hydrogen-bond acceptors (Lipinski definition) is 8. The number of carbonyl (C=O) groups excluding carboxylic acids is 4. The van der Waals surface area contributed by atoms with Gasteiger partial charge in [0.2, 0.25) is 11.8 Å². The molecule has 0 fully saturated rings. The van der Waals surface area contributed by atoms with Gasteiger partial charge >= 0.3 is 12.1 Å². The number of fused-ring (bicyclic) bond motifs is 1. The molecule has 1 aromatic heterocycles. The zero-order valence-electron chi connectivity index (χ0n) is 22.5. The van der Waals surface area contributed by atoms with E-state index in [9.17, 15) is 19.2 Å². The second-order valence-corrected chi connectivity index (χ2v) is 9.64. The molecule has 0 aliphatic heterocycles. The number of aromatic nitrogens is 1. The molecule has 0 radical (unpaired) electrons. The van der Waals surface area contributed by atoms with E-state index in [2.05, 4.69) is 20.9 Å². The molecule has 0 saturated heterocycles. The van der Waals surface area contributed by atoms with Gasteiger partial charge in [-0.1, -0.05) is 18.2 Å².